The first-order chi connectivity index (χ1) is 9.04. The Balaban J connectivity index is 2.15. The van der Waals surface area contributed by atoms with Crippen molar-refractivity contribution in [3.05, 3.63) is 26.7 Å². The first-order valence-electron chi connectivity index (χ1n) is 6.66. The van der Waals surface area contributed by atoms with Crippen LogP contribution in [0.15, 0.2) is 16.6 Å². The number of anilines is 1. The predicted molar refractivity (Wildman–Crippen MR) is 87.6 cm³/mol. The van der Waals surface area contributed by atoms with Crippen molar-refractivity contribution < 1.29 is 0 Å². The Labute approximate surface area is 133 Å². The van der Waals surface area contributed by atoms with E-state index in [4.69, 9.17) is 23.2 Å². The van der Waals surface area contributed by atoms with Gasteiger partial charge in [-0.1, -0.05) is 37.0 Å². The van der Waals surface area contributed by atoms with Crippen LogP contribution in [-0.2, 0) is 0 Å². The van der Waals surface area contributed by atoms with Crippen molar-refractivity contribution in [1.29, 1.82) is 0 Å². The Morgan fingerprint density at radius 3 is 2.74 bits per heavy atom. The summed E-state index contributed by atoms with van der Waals surface area (Å²) >= 11 is 16.0. The van der Waals surface area contributed by atoms with Gasteiger partial charge in [0.25, 0.3) is 0 Å². The fraction of sp³-hybridized carbons (Fsp3) is 0.571. The van der Waals surface area contributed by atoms with Crippen molar-refractivity contribution in [2.24, 2.45) is 5.92 Å². The van der Waals surface area contributed by atoms with Crippen LogP contribution in [0.1, 0.15) is 20.3 Å². The maximum Gasteiger partial charge on any atom is 0.0837 e. The Morgan fingerprint density at radius 2 is 2.11 bits per heavy atom. The Morgan fingerprint density at radius 1 is 1.37 bits per heavy atom. The summed E-state index contributed by atoms with van der Waals surface area (Å²) in [5.74, 6) is 0.604. The third kappa shape index (κ3) is 3.38. The lowest BCUT2D eigenvalue weighted by Gasteiger charge is -2.39. The van der Waals surface area contributed by atoms with E-state index in [1.807, 2.05) is 12.1 Å². The van der Waals surface area contributed by atoms with Gasteiger partial charge in [0.05, 0.1) is 15.7 Å². The maximum atomic E-state index is 6.36. The molecular weight excluding hydrogens is 347 g/mol. The van der Waals surface area contributed by atoms with E-state index in [1.165, 1.54) is 0 Å². The molecular formula is C14H19BrCl2N2. The van der Waals surface area contributed by atoms with E-state index < -0.39 is 0 Å². The second-order valence-corrected chi connectivity index (χ2v) is 6.68. The van der Waals surface area contributed by atoms with Crippen LogP contribution in [-0.4, -0.2) is 25.7 Å². The summed E-state index contributed by atoms with van der Waals surface area (Å²) in [7, 11) is 0. The molecule has 0 aromatic heterocycles. The van der Waals surface area contributed by atoms with E-state index in [-0.39, 0.29) is 0 Å². The monoisotopic (exact) mass is 364 g/mol. The fourth-order valence-electron chi connectivity index (χ4n) is 2.69. The highest BCUT2D eigenvalue weighted by molar-refractivity contribution is 9.10. The molecule has 0 radical (unpaired) electrons. The molecule has 5 heteroatoms. The molecule has 0 aliphatic carbocycles. The molecule has 2 unspecified atom stereocenters. The molecule has 1 fully saturated rings. The minimum absolute atomic E-state index is 0.598. The lowest BCUT2D eigenvalue weighted by Crippen LogP contribution is -2.48. The van der Waals surface area contributed by atoms with Gasteiger partial charge in [-0.2, -0.15) is 0 Å². The third-order valence-corrected chi connectivity index (χ3v) is 5.49. The maximum absolute atomic E-state index is 6.36. The van der Waals surface area contributed by atoms with Gasteiger partial charge in [-0.3, -0.25) is 0 Å². The second-order valence-electron chi connectivity index (χ2n) is 5.07. The molecule has 1 heterocycles. The summed E-state index contributed by atoms with van der Waals surface area (Å²) in [6, 6.07) is 4.61. The minimum Gasteiger partial charge on any atom is -0.370 e. The van der Waals surface area contributed by atoms with Crippen LogP contribution >= 0.6 is 39.1 Å². The van der Waals surface area contributed by atoms with E-state index >= 15 is 0 Å². The number of nitrogens with zero attached hydrogens (tertiary/aromatic N) is 1. The van der Waals surface area contributed by atoms with Crippen LogP contribution < -0.4 is 10.2 Å². The predicted octanol–water partition coefficient (Wildman–Crippen LogP) is 4.58. The SMILES string of the molecule is CCNC1CCN(c2ccc(Br)c(Cl)c2Cl)CC1C. The van der Waals surface area contributed by atoms with Crippen LogP contribution in [0.3, 0.4) is 0 Å². The molecule has 106 valence electrons. The third-order valence-electron chi connectivity index (χ3n) is 3.73. The van der Waals surface area contributed by atoms with E-state index in [1.54, 1.807) is 0 Å². The lowest BCUT2D eigenvalue weighted by molar-refractivity contribution is 0.327. The average Bonchev–Trinajstić information content (AvgIpc) is 2.39. The molecule has 0 bridgehead atoms. The molecule has 1 aromatic rings. The van der Waals surface area contributed by atoms with Gasteiger partial charge >= 0.3 is 0 Å². The normalized spacial score (nSPS) is 23.7. The molecule has 2 atom stereocenters. The number of piperidine rings is 1. The number of hydrogen-bond acceptors (Lipinski definition) is 2. The highest BCUT2D eigenvalue weighted by Gasteiger charge is 2.27. The van der Waals surface area contributed by atoms with Crippen LogP contribution in [0, 0.1) is 5.92 Å². The largest absolute Gasteiger partial charge is 0.370 e. The Hall–Kier alpha value is 0.0400. The van der Waals surface area contributed by atoms with Crippen molar-refractivity contribution in [2.75, 3.05) is 24.5 Å². The Bertz CT molecular complexity index is 453. The molecule has 0 amide bonds. The van der Waals surface area contributed by atoms with Gasteiger partial charge in [0.1, 0.15) is 0 Å². The number of rotatable bonds is 3. The van der Waals surface area contributed by atoms with Gasteiger partial charge in [0.15, 0.2) is 0 Å². The number of halogens is 3. The van der Waals surface area contributed by atoms with Crippen LogP contribution in [0.2, 0.25) is 10.0 Å². The summed E-state index contributed by atoms with van der Waals surface area (Å²) in [6.07, 6.45) is 1.14. The van der Waals surface area contributed by atoms with Gasteiger partial charge in [-0.15, -0.1) is 0 Å². The number of benzene rings is 1. The lowest BCUT2D eigenvalue weighted by atomic mass is 9.93. The Kier molecular flexibility index (Phi) is 5.41. The summed E-state index contributed by atoms with van der Waals surface area (Å²) in [5.41, 5.74) is 1.04. The van der Waals surface area contributed by atoms with Crippen molar-refractivity contribution in [1.82, 2.24) is 5.32 Å². The molecule has 0 spiro atoms. The average molecular weight is 366 g/mol. The summed E-state index contributed by atoms with van der Waals surface area (Å²) in [4.78, 5) is 2.33. The molecule has 19 heavy (non-hydrogen) atoms. The van der Waals surface area contributed by atoms with Gasteiger partial charge < -0.3 is 10.2 Å². The molecule has 2 rings (SSSR count). The molecule has 1 aromatic carbocycles. The smallest absolute Gasteiger partial charge is 0.0837 e. The zero-order valence-corrected chi connectivity index (χ0v) is 14.3. The van der Waals surface area contributed by atoms with Crippen molar-refractivity contribution in [3.63, 3.8) is 0 Å². The van der Waals surface area contributed by atoms with Gasteiger partial charge in [0, 0.05) is 23.6 Å². The van der Waals surface area contributed by atoms with Crippen LogP contribution in [0.4, 0.5) is 5.69 Å². The quantitative estimate of drug-likeness (QED) is 0.788. The summed E-state index contributed by atoms with van der Waals surface area (Å²) < 4.78 is 0.846. The first kappa shape index (κ1) is 15.4. The standard InChI is InChI=1S/C14H19BrCl2N2/c1-3-18-11-6-7-19(8-9(11)2)12-5-4-10(15)13(16)14(12)17/h4-5,9,11,18H,3,6-8H2,1-2H3. The molecule has 0 saturated carbocycles. The first-order valence-corrected chi connectivity index (χ1v) is 8.21. The minimum atomic E-state index is 0.598. The van der Waals surface area contributed by atoms with Crippen molar-refractivity contribution in [2.45, 2.75) is 26.3 Å². The van der Waals surface area contributed by atoms with E-state index in [0.717, 1.165) is 36.2 Å². The topological polar surface area (TPSA) is 15.3 Å². The molecule has 1 aliphatic rings. The zero-order chi connectivity index (χ0) is 14.0. The highest BCUT2D eigenvalue weighted by atomic mass is 79.9. The van der Waals surface area contributed by atoms with Crippen molar-refractivity contribution in [3.8, 4) is 0 Å². The van der Waals surface area contributed by atoms with Crippen LogP contribution in [0.5, 0.6) is 0 Å². The van der Waals surface area contributed by atoms with Crippen LogP contribution in [0.25, 0.3) is 0 Å². The van der Waals surface area contributed by atoms with Gasteiger partial charge in [-0.25, -0.2) is 0 Å². The molecule has 1 aliphatic heterocycles. The molecule has 1 saturated heterocycles. The van der Waals surface area contributed by atoms with Gasteiger partial charge in [-0.05, 0) is 46.9 Å². The van der Waals surface area contributed by atoms with Gasteiger partial charge in [0.2, 0.25) is 0 Å². The zero-order valence-electron chi connectivity index (χ0n) is 11.2. The fourth-order valence-corrected chi connectivity index (χ4v) is 3.58. The van der Waals surface area contributed by atoms with Crippen molar-refractivity contribution >= 4 is 44.8 Å². The molecule has 1 N–H and O–H groups in total. The van der Waals surface area contributed by atoms with E-state index in [9.17, 15) is 0 Å². The van der Waals surface area contributed by atoms with E-state index in [0.29, 0.717) is 22.0 Å². The molecule has 2 nitrogen and oxygen atoms in total. The summed E-state index contributed by atoms with van der Waals surface area (Å²) in [5, 5.41) is 4.79. The second kappa shape index (κ2) is 6.66. The highest BCUT2D eigenvalue weighted by Crippen LogP contribution is 2.38. The summed E-state index contributed by atoms with van der Waals surface area (Å²) in [6.45, 7) is 7.49. The number of hydrogen-bond donors (Lipinski definition) is 1. The van der Waals surface area contributed by atoms with E-state index in [2.05, 4.69) is 40.0 Å². The number of nitrogens with one attached hydrogen (secondary N) is 1.